The van der Waals surface area contributed by atoms with Crippen molar-refractivity contribution >= 4 is 11.7 Å². The van der Waals surface area contributed by atoms with Crippen molar-refractivity contribution < 1.29 is 9.53 Å². The summed E-state index contributed by atoms with van der Waals surface area (Å²) in [7, 11) is 0. The van der Waals surface area contributed by atoms with Crippen LogP contribution in [0.25, 0.3) is 0 Å². The number of nitrogens with one attached hydrogen (secondary N) is 3. The van der Waals surface area contributed by atoms with E-state index < -0.39 is 0 Å². The molecule has 2 aliphatic heterocycles. The zero-order valence-electron chi connectivity index (χ0n) is 13.1. The molecule has 3 rings (SSSR count). The molecule has 0 aromatic heterocycles. The fraction of sp³-hybridized carbons (Fsp3) is 0.588. The van der Waals surface area contributed by atoms with Crippen LogP contribution in [0.4, 0.5) is 10.5 Å². The van der Waals surface area contributed by atoms with E-state index in [0.717, 1.165) is 43.5 Å². The number of ether oxygens (including phenoxy) is 1. The first-order valence-corrected chi connectivity index (χ1v) is 8.27. The van der Waals surface area contributed by atoms with Gasteiger partial charge in [0.15, 0.2) is 0 Å². The third-order valence-electron chi connectivity index (χ3n) is 4.41. The van der Waals surface area contributed by atoms with Gasteiger partial charge in [-0.05, 0) is 43.4 Å². The Kier molecular flexibility index (Phi) is 4.83. The third-order valence-corrected chi connectivity index (χ3v) is 4.41. The van der Waals surface area contributed by atoms with Crippen LogP contribution >= 0.6 is 0 Å². The summed E-state index contributed by atoms with van der Waals surface area (Å²) >= 11 is 0. The average molecular weight is 303 g/mol. The van der Waals surface area contributed by atoms with E-state index in [1.165, 1.54) is 0 Å². The molecular formula is C17H25N3O2. The number of hydrogen-bond acceptors (Lipinski definition) is 3. The van der Waals surface area contributed by atoms with E-state index in [4.69, 9.17) is 4.74 Å². The molecule has 0 spiro atoms. The largest absolute Gasteiger partial charge is 0.385 e. The van der Waals surface area contributed by atoms with Gasteiger partial charge in [0.25, 0.3) is 0 Å². The number of anilines is 1. The molecule has 3 N–H and O–H groups in total. The third kappa shape index (κ3) is 3.71. The van der Waals surface area contributed by atoms with E-state index in [-0.39, 0.29) is 18.2 Å². The molecule has 0 unspecified atom stereocenters. The van der Waals surface area contributed by atoms with Gasteiger partial charge in [0.1, 0.15) is 0 Å². The molecule has 2 aliphatic rings. The van der Waals surface area contributed by atoms with Crippen molar-refractivity contribution in [2.45, 2.75) is 57.4 Å². The minimum absolute atomic E-state index is 0.102. The summed E-state index contributed by atoms with van der Waals surface area (Å²) in [5.74, 6) is 0. The first-order chi connectivity index (χ1) is 10.7. The standard InChI is InChI=1S/C17H25N3O2/c1-2-9-18-13-5-3-12(4-6-13)11-19-17(21)20-15-10-14-7-8-16(15)22-14/h3-6,14-16,18H,2,7-11H2,1H3,(H2,19,20,21)/t14-,15+,16-/m1/s1. The first kappa shape index (κ1) is 15.2. The minimum atomic E-state index is -0.102. The Morgan fingerprint density at radius 1 is 1.27 bits per heavy atom. The number of fused-ring (bicyclic) bond motifs is 2. The van der Waals surface area contributed by atoms with Crippen LogP contribution in [-0.4, -0.2) is 30.8 Å². The molecule has 2 heterocycles. The Bertz CT molecular complexity index is 503. The highest BCUT2D eigenvalue weighted by Gasteiger charge is 2.41. The lowest BCUT2D eigenvalue weighted by Gasteiger charge is -2.20. The van der Waals surface area contributed by atoms with Crippen LogP contribution < -0.4 is 16.0 Å². The number of carbonyl (C=O) groups is 1. The fourth-order valence-corrected chi connectivity index (χ4v) is 3.20. The van der Waals surface area contributed by atoms with Gasteiger partial charge < -0.3 is 20.7 Å². The van der Waals surface area contributed by atoms with Crippen LogP contribution in [0.3, 0.4) is 0 Å². The van der Waals surface area contributed by atoms with Crippen LogP contribution in [0.15, 0.2) is 24.3 Å². The highest BCUT2D eigenvalue weighted by Crippen LogP contribution is 2.34. The Hall–Kier alpha value is -1.75. The summed E-state index contributed by atoms with van der Waals surface area (Å²) < 4.78 is 5.74. The molecule has 2 fully saturated rings. The smallest absolute Gasteiger partial charge is 0.315 e. The van der Waals surface area contributed by atoms with Crippen molar-refractivity contribution in [1.82, 2.24) is 10.6 Å². The number of urea groups is 1. The number of carbonyl (C=O) groups excluding carboxylic acids is 1. The number of rotatable bonds is 6. The van der Waals surface area contributed by atoms with Crippen LogP contribution in [0.1, 0.15) is 38.2 Å². The molecular weight excluding hydrogens is 278 g/mol. The SMILES string of the molecule is CCCNc1ccc(CNC(=O)N[C@H]2C[C@H]3CC[C@H]2O3)cc1. The summed E-state index contributed by atoms with van der Waals surface area (Å²) in [6.45, 7) is 3.66. The predicted octanol–water partition coefficient (Wildman–Crippen LogP) is 2.63. The number of benzene rings is 1. The van der Waals surface area contributed by atoms with Gasteiger partial charge in [-0.3, -0.25) is 0 Å². The Balaban J connectivity index is 1.41. The van der Waals surface area contributed by atoms with E-state index in [2.05, 4.69) is 22.9 Å². The van der Waals surface area contributed by atoms with E-state index in [9.17, 15) is 4.79 Å². The molecule has 0 radical (unpaired) electrons. The Morgan fingerprint density at radius 2 is 2.09 bits per heavy atom. The minimum Gasteiger partial charge on any atom is -0.385 e. The normalized spacial score (nSPS) is 26.0. The van der Waals surface area contributed by atoms with Crippen LogP contribution in [0, 0.1) is 0 Å². The van der Waals surface area contributed by atoms with E-state index >= 15 is 0 Å². The monoisotopic (exact) mass is 303 g/mol. The van der Waals surface area contributed by atoms with Crippen LogP contribution in [0.2, 0.25) is 0 Å². The number of amides is 2. The van der Waals surface area contributed by atoms with Gasteiger partial charge in [0.2, 0.25) is 0 Å². The molecule has 5 nitrogen and oxygen atoms in total. The molecule has 0 aliphatic carbocycles. The van der Waals surface area contributed by atoms with Crippen LogP contribution in [0.5, 0.6) is 0 Å². The lowest BCUT2D eigenvalue weighted by molar-refractivity contribution is 0.0981. The molecule has 120 valence electrons. The maximum absolute atomic E-state index is 12.0. The molecule has 0 saturated carbocycles. The van der Waals surface area contributed by atoms with Gasteiger partial charge >= 0.3 is 6.03 Å². The summed E-state index contributed by atoms with van der Waals surface area (Å²) in [5.41, 5.74) is 2.22. The average Bonchev–Trinajstić information content (AvgIpc) is 3.14. The Morgan fingerprint density at radius 3 is 2.73 bits per heavy atom. The van der Waals surface area contributed by atoms with Gasteiger partial charge in [-0.25, -0.2) is 4.79 Å². The fourth-order valence-electron chi connectivity index (χ4n) is 3.20. The molecule has 2 saturated heterocycles. The van der Waals surface area contributed by atoms with Crippen molar-refractivity contribution in [3.63, 3.8) is 0 Å². The van der Waals surface area contributed by atoms with Crippen molar-refractivity contribution in [3.05, 3.63) is 29.8 Å². The number of hydrogen-bond donors (Lipinski definition) is 3. The topological polar surface area (TPSA) is 62.4 Å². The summed E-state index contributed by atoms with van der Waals surface area (Å²) in [5, 5.41) is 9.29. The summed E-state index contributed by atoms with van der Waals surface area (Å²) in [6, 6.07) is 8.26. The molecule has 3 atom stereocenters. The molecule has 1 aromatic rings. The summed E-state index contributed by atoms with van der Waals surface area (Å²) in [6.07, 6.45) is 4.86. The predicted molar refractivity (Wildman–Crippen MR) is 86.9 cm³/mol. The van der Waals surface area contributed by atoms with E-state index in [1.807, 2.05) is 24.3 Å². The van der Waals surface area contributed by atoms with E-state index in [1.54, 1.807) is 0 Å². The molecule has 2 bridgehead atoms. The first-order valence-electron chi connectivity index (χ1n) is 8.27. The molecule has 5 heteroatoms. The van der Waals surface area contributed by atoms with Crippen LogP contribution in [-0.2, 0) is 11.3 Å². The Labute approximate surface area is 131 Å². The lowest BCUT2D eigenvalue weighted by atomic mass is 9.96. The second kappa shape index (κ2) is 7.01. The van der Waals surface area contributed by atoms with Gasteiger partial charge in [-0.15, -0.1) is 0 Å². The second-order valence-corrected chi connectivity index (χ2v) is 6.17. The van der Waals surface area contributed by atoms with Crippen molar-refractivity contribution in [3.8, 4) is 0 Å². The van der Waals surface area contributed by atoms with Crippen molar-refractivity contribution in [2.75, 3.05) is 11.9 Å². The lowest BCUT2D eigenvalue weighted by Crippen LogP contribution is -2.46. The zero-order chi connectivity index (χ0) is 15.4. The second-order valence-electron chi connectivity index (χ2n) is 6.17. The van der Waals surface area contributed by atoms with Crippen molar-refractivity contribution in [1.29, 1.82) is 0 Å². The van der Waals surface area contributed by atoms with Gasteiger partial charge in [-0.2, -0.15) is 0 Å². The highest BCUT2D eigenvalue weighted by atomic mass is 16.5. The molecule has 22 heavy (non-hydrogen) atoms. The zero-order valence-corrected chi connectivity index (χ0v) is 13.1. The summed E-state index contributed by atoms with van der Waals surface area (Å²) in [4.78, 5) is 12.0. The van der Waals surface area contributed by atoms with Gasteiger partial charge in [0, 0.05) is 18.8 Å². The van der Waals surface area contributed by atoms with Gasteiger partial charge in [-0.1, -0.05) is 19.1 Å². The highest BCUT2D eigenvalue weighted by molar-refractivity contribution is 5.74. The maximum atomic E-state index is 12.0. The molecule has 1 aromatic carbocycles. The molecule has 2 amide bonds. The van der Waals surface area contributed by atoms with Gasteiger partial charge in [0.05, 0.1) is 18.2 Å². The maximum Gasteiger partial charge on any atom is 0.315 e. The van der Waals surface area contributed by atoms with Crippen molar-refractivity contribution in [2.24, 2.45) is 0 Å². The quantitative estimate of drug-likeness (QED) is 0.757. The van der Waals surface area contributed by atoms with E-state index in [0.29, 0.717) is 12.6 Å².